The summed E-state index contributed by atoms with van der Waals surface area (Å²) < 4.78 is 12.0. The average molecular weight is 421 g/mol. The molecule has 0 aliphatic rings. The van der Waals surface area contributed by atoms with Gasteiger partial charge < -0.3 is 14.8 Å². The molecule has 0 heterocycles. The van der Waals surface area contributed by atoms with Gasteiger partial charge in [-0.3, -0.25) is 0 Å². The minimum absolute atomic E-state index is 0. The molecule has 1 rings (SSSR count). The lowest BCUT2D eigenvalue weighted by Gasteiger charge is -2.14. The zero-order valence-corrected chi connectivity index (χ0v) is 17.3. The van der Waals surface area contributed by atoms with Crippen LogP contribution in [-0.4, -0.2) is 20.3 Å². The molecule has 0 aliphatic heterocycles. The number of rotatable bonds is 13. The summed E-state index contributed by atoms with van der Waals surface area (Å²) in [6.07, 6.45) is 9.67. The molecule has 0 spiro atoms. The van der Waals surface area contributed by atoms with E-state index in [9.17, 15) is 0 Å². The standard InChI is InChI=1S/C19H30BrNO2.ClH/c1-4-6-7-8-9-10-11-21-15-16-13-17(20)19(23-12-5-2)18(14-16)22-3;/h5,13-14,21H,2,4,6-12,15H2,1,3H3;1H. The quantitative estimate of drug-likeness (QED) is 0.318. The number of unbranched alkanes of at least 4 members (excludes halogenated alkanes) is 5. The van der Waals surface area contributed by atoms with Gasteiger partial charge in [-0.15, -0.1) is 12.4 Å². The van der Waals surface area contributed by atoms with E-state index < -0.39 is 0 Å². The molecule has 24 heavy (non-hydrogen) atoms. The first-order valence-corrected chi connectivity index (χ1v) is 9.33. The third-order valence-corrected chi connectivity index (χ3v) is 4.26. The van der Waals surface area contributed by atoms with Gasteiger partial charge in [0.15, 0.2) is 11.5 Å². The van der Waals surface area contributed by atoms with Crippen LogP contribution in [0.15, 0.2) is 29.3 Å². The first-order chi connectivity index (χ1) is 11.2. The highest BCUT2D eigenvalue weighted by Crippen LogP contribution is 2.36. The molecule has 0 aliphatic carbocycles. The number of methoxy groups -OCH3 is 1. The van der Waals surface area contributed by atoms with Gasteiger partial charge >= 0.3 is 0 Å². The van der Waals surface area contributed by atoms with E-state index in [1.54, 1.807) is 13.2 Å². The molecule has 1 N–H and O–H groups in total. The number of ether oxygens (including phenoxy) is 2. The maximum absolute atomic E-state index is 5.64. The van der Waals surface area contributed by atoms with Crippen LogP contribution in [0.3, 0.4) is 0 Å². The van der Waals surface area contributed by atoms with E-state index in [4.69, 9.17) is 9.47 Å². The third-order valence-electron chi connectivity index (χ3n) is 3.67. The zero-order valence-electron chi connectivity index (χ0n) is 14.9. The zero-order chi connectivity index (χ0) is 16.9. The van der Waals surface area contributed by atoms with Gasteiger partial charge in [0.25, 0.3) is 0 Å². The summed E-state index contributed by atoms with van der Waals surface area (Å²) in [7, 11) is 1.66. The molecule has 0 atom stereocenters. The summed E-state index contributed by atoms with van der Waals surface area (Å²) in [4.78, 5) is 0. The third kappa shape index (κ3) is 8.95. The largest absolute Gasteiger partial charge is 0.493 e. The predicted octanol–water partition coefficient (Wildman–Crippen LogP) is 5.89. The fraction of sp³-hybridized carbons (Fsp3) is 0.579. The second-order valence-corrected chi connectivity index (χ2v) is 6.51. The minimum Gasteiger partial charge on any atom is -0.493 e. The number of nitrogens with one attached hydrogen (secondary N) is 1. The fourth-order valence-electron chi connectivity index (χ4n) is 2.42. The van der Waals surface area contributed by atoms with E-state index in [-0.39, 0.29) is 12.4 Å². The second kappa shape index (κ2) is 14.6. The molecule has 0 saturated carbocycles. The molecule has 138 valence electrons. The molecule has 5 heteroatoms. The monoisotopic (exact) mass is 419 g/mol. The van der Waals surface area contributed by atoms with Crippen LogP contribution in [0.4, 0.5) is 0 Å². The van der Waals surface area contributed by atoms with Crippen molar-refractivity contribution in [2.45, 2.75) is 52.0 Å². The summed E-state index contributed by atoms with van der Waals surface area (Å²) in [5.41, 5.74) is 1.19. The van der Waals surface area contributed by atoms with Crippen molar-refractivity contribution < 1.29 is 9.47 Å². The Hall–Kier alpha value is -0.710. The molecule has 3 nitrogen and oxygen atoms in total. The summed E-state index contributed by atoms with van der Waals surface area (Å²) in [5.74, 6) is 1.48. The van der Waals surface area contributed by atoms with Crippen LogP contribution in [0.5, 0.6) is 11.5 Å². The maximum atomic E-state index is 5.64. The predicted molar refractivity (Wildman–Crippen MR) is 109 cm³/mol. The molecular formula is C19H31BrClNO2. The molecule has 0 bridgehead atoms. The lowest BCUT2D eigenvalue weighted by atomic mass is 10.1. The molecule has 0 unspecified atom stereocenters. The van der Waals surface area contributed by atoms with Crippen molar-refractivity contribution in [3.63, 3.8) is 0 Å². The number of halogens is 2. The normalized spacial score (nSPS) is 10.1. The van der Waals surface area contributed by atoms with Gasteiger partial charge in [0, 0.05) is 6.54 Å². The van der Waals surface area contributed by atoms with Crippen molar-refractivity contribution in [1.82, 2.24) is 5.32 Å². The van der Waals surface area contributed by atoms with E-state index in [1.165, 1.54) is 44.1 Å². The van der Waals surface area contributed by atoms with Gasteiger partial charge in [-0.1, -0.05) is 51.7 Å². The summed E-state index contributed by atoms with van der Waals surface area (Å²) in [6.45, 7) is 8.28. The Morgan fingerprint density at radius 3 is 2.54 bits per heavy atom. The Morgan fingerprint density at radius 1 is 1.17 bits per heavy atom. The second-order valence-electron chi connectivity index (χ2n) is 5.65. The van der Waals surface area contributed by atoms with E-state index >= 15 is 0 Å². The molecule has 1 aromatic rings. The van der Waals surface area contributed by atoms with Crippen molar-refractivity contribution in [3.05, 3.63) is 34.8 Å². The highest BCUT2D eigenvalue weighted by Gasteiger charge is 2.11. The van der Waals surface area contributed by atoms with Gasteiger partial charge in [0.2, 0.25) is 0 Å². The van der Waals surface area contributed by atoms with Crippen molar-refractivity contribution in [3.8, 4) is 11.5 Å². The van der Waals surface area contributed by atoms with Crippen LogP contribution in [0.2, 0.25) is 0 Å². The molecule has 1 aromatic carbocycles. The fourth-order valence-corrected chi connectivity index (χ4v) is 3.02. The number of hydrogen-bond acceptors (Lipinski definition) is 3. The van der Waals surface area contributed by atoms with Crippen molar-refractivity contribution in [2.75, 3.05) is 20.3 Å². The van der Waals surface area contributed by atoms with Gasteiger partial charge in [-0.25, -0.2) is 0 Å². The summed E-state index contributed by atoms with van der Waals surface area (Å²) >= 11 is 3.56. The van der Waals surface area contributed by atoms with E-state index in [2.05, 4.69) is 40.8 Å². The first-order valence-electron chi connectivity index (χ1n) is 8.53. The SMILES string of the molecule is C=CCOc1c(Br)cc(CNCCCCCCCC)cc1OC.Cl. The Kier molecular flexibility index (Phi) is 14.2. The highest BCUT2D eigenvalue weighted by molar-refractivity contribution is 9.10. The van der Waals surface area contributed by atoms with Crippen LogP contribution in [0.25, 0.3) is 0 Å². The Morgan fingerprint density at radius 2 is 1.88 bits per heavy atom. The Bertz CT molecular complexity index is 469. The molecule has 0 radical (unpaired) electrons. The molecule has 0 amide bonds. The topological polar surface area (TPSA) is 30.5 Å². The number of hydrogen-bond donors (Lipinski definition) is 1. The van der Waals surface area contributed by atoms with Crippen LogP contribution >= 0.6 is 28.3 Å². The van der Waals surface area contributed by atoms with E-state index in [0.717, 1.165) is 29.1 Å². The number of benzene rings is 1. The molecular weight excluding hydrogens is 390 g/mol. The van der Waals surface area contributed by atoms with Crippen LogP contribution in [0, 0.1) is 0 Å². The Balaban J connectivity index is 0.00000529. The molecule has 0 fully saturated rings. The van der Waals surface area contributed by atoms with Crippen LogP contribution in [-0.2, 0) is 6.54 Å². The van der Waals surface area contributed by atoms with Gasteiger partial charge in [-0.2, -0.15) is 0 Å². The average Bonchev–Trinajstić information content (AvgIpc) is 2.55. The molecule has 0 saturated heterocycles. The van der Waals surface area contributed by atoms with Crippen molar-refractivity contribution >= 4 is 28.3 Å². The lowest BCUT2D eigenvalue weighted by molar-refractivity contribution is 0.324. The lowest BCUT2D eigenvalue weighted by Crippen LogP contribution is -2.14. The van der Waals surface area contributed by atoms with E-state index in [0.29, 0.717) is 6.61 Å². The maximum Gasteiger partial charge on any atom is 0.175 e. The minimum atomic E-state index is 0. The first kappa shape index (κ1) is 23.3. The van der Waals surface area contributed by atoms with Gasteiger partial charge in [-0.05, 0) is 46.6 Å². The summed E-state index contributed by atoms with van der Waals surface area (Å²) in [6, 6.07) is 4.10. The van der Waals surface area contributed by atoms with Gasteiger partial charge in [0.05, 0.1) is 11.6 Å². The smallest absolute Gasteiger partial charge is 0.175 e. The van der Waals surface area contributed by atoms with Crippen molar-refractivity contribution in [2.24, 2.45) is 0 Å². The summed E-state index contributed by atoms with van der Waals surface area (Å²) in [5, 5.41) is 3.50. The molecule has 0 aromatic heterocycles. The van der Waals surface area contributed by atoms with Gasteiger partial charge in [0.1, 0.15) is 6.61 Å². The van der Waals surface area contributed by atoms with Crippen molar-refractivity contribution in [1.29, 1.82) is 0 Å². The Labute approximate surface area is 161 Å². The highest BCUT2D eigenvalue weighted by atomic mass is 79.9. The van der Waals surface area contributed by atoms with Crippen LogP contribution < -0.4 is 14.8 Å². The van der Waals surface area contributed by atoms with E-state index in [1.807, 2.05) is 6.07 Å². The van der Waals surface area contributed by atoms with Crippen LogP contribution in [0.1, 0.15) is 51.0 Å².